The van der Waals surface area contributed by atoms with Gasteiger partial charge in [-0.25, -0.2) is 4.68 Å². The number of nitriles is 1. The molecule has 0 radical (unpaired) electrons. The Morgan fingerprint density at radius 1 is 1.15 bits per heavy atom. The number of hydrogen-bond donors (Lipinski definition) is 1. The third-order valence-corrected chi connectivity index (χ3v) is 3.84. The first-order valence-electron chi connectivity index (χ1n) is 7.39. The lowest BCUT2D eigenvalue weighted by atomic mass is 10.3. The van der Waals surface area contributed by atoms with E-state index in [-0.39, 0.29) is 19.0 Å². The molecule has 0 spiro atoms. The molecule has 8 nitrogen and oxygen atoms in total. The Bertz CT molecular complexity index is 955. The summed E-state index contributed by atoms with van der Waals surface area (Å²) in [7, 11) is 0. The third kappa shape index (κ3) is 4.14. The Hall–Kier alpha value is -3.02. The van der Waals surface area contributed by atoms with Gasteiger partial charge in [-0.1, -0.05) is 29.3 Å². The van der Waals surface area contributed by atoms with Gasteiger partial charge in [0.15, 0.2) is 24.0 Å². The molecule has 1 amide bonds. The highest BCUT2D eigenvalue weighted by Gasteiger charge is 2.12. The molecule has 0 aliphatic carbocycles. The number of rotatable bonds is 6. The maximum absolute atomic E-state index is 12.2. The van der Waals surface area contributed by atoms with Crippen LogP contribution in [0.4, 0.5) is 5.82 Å². The van der Waals surface area contributed by atoms with Gasteiger partial charge in [0.2, 0.25) is 0 Å². The zero-order chi connectivity index (χ0) is 18.5. The van der Waals surface area contributed by atoms with Gasteiger partial charge < -0.3 is 10.1 Å². The summed E-state index contributed by atoms with van der Waals surface area (Å²) in [5, 5.41) is 20.2. The minimum atomic E-state index is -0.429. The quantitative estimate of drug-likeness (QED) is 0.696. The highest BCUT2D eigenvalue weighted by Crippen LogP contribution is 2.32. The Kier molecular flexibility index (Phi) is 5.41. The van der Waals surface area contributed by atoms with Crippen molar-refractivity contribution in [1.82, 2.24) is 19.6 Å². The van der Waals surface area contributed by atoms with Crippen LogP contribution in [0.5, 0.6) is 5.75 Å². The minimum Gasteiger partial charge on any atom is -0.468 e. The van der Waals surface area contributed by atoms with E-state index < -0.39 is 5.91 Å². The van der Waals surface area contributed by atoms with Crippen molar-refractivity contribution in [3.05, 3.63) is 58.5 Å². The molecule has 0 fully saturated rings. The average Bonchev–Trinajstić information content (AvgIpc) is 3.24. The summed E-state index contributed by atoms with van der Waals surface area (Å²) >= 11 is 12.1. The fourth-order valence-corrected chi connectivity index (χ4v) is 2.58. The second-order valence-corrected chi connectivity index (χ2v) is 5.89. The molecule has 26 heavy (non-hydrogen) atoms. The number of carbonyl (C=O) groups excluding carboxylic acids is 1. The van der Waals surface area contributed by atoms with Crippen LogP contribution < -0.4 is 10.1 Å². The molecule has 0 saturated heterocycles. The van der Waals surface area contributed by atoms with Crippen LogP contribution in [0.3, 0.4) is 0 Å². The van der Waals surface area contributed by atoms with Crippen LogP contribution in [0.15, 0.2) is 42.7 Å². The van der Waals surface area contributed by atoms with E-state index >= 15 is 0 Å². The molecule has 0 bridgehead atoms. The Balaban J connectivity index is 1.62. The summed E-state index contributed by atoms with van der Waals surface area (Å²) in [5.41, 5.74) is 0.189. The van der Waals surface area contributed by atoms with E-state index in [1.54, 1.807) is 42.7 Å². The van der Waals surface area contributed by atoms with Crippen LogP contribution in [0.1, 0.15) is 10.5 Å². The number of hydrogen-bond acceptors (Lipinski definition) is 5. The van der Waals surface area contributed by atoms with Gasteiger partial charge in [-0.3, -0.25) is 9.48 Å². The number of anilines is 1. The molecule has 0 unspecified atom stereocenters. The van der Waals surface area contributed by atoms with Gasteiger partial charge in [0.25, 0.3) is 5.91 Å². The van der Waals surface area contributed by atoms with Gasteiger partial charge in [0.1, 0.15) is 6.54 Å². The standard InChI is InChI=1S/C16H12Cl2N6O2/c17-11-2-1-3-12(18)15(11)26-10-24-7-4-13(21-24)16(25)20-14-5-8-23(22-14)9-6-19/h1-5,7-8H,9-10H2,(H,20,22,25). The van der Waals surface area contributed by atoms with Crippen molar-refractivity contribution < 1.29 is 9.53 Å². The Morgan fingerprint density at radius 2 is 1.88 bits per heavy atom. The maximum Gasteiger partial charge on any atom is 0.277 e. The number of ether oxygens (including phenoxy) is 1. The topological polar surface area (TPSA) is 97.8 Å². The van der Waals surface area contributed by atoms with E-state index in [4.69, 9.17) is 33.2 Å². The summed E-state index contributed by atoms with van der Waals surface area (Å²) in [6.45, 7) is 0.139. The minimum absolute atomic E-state index is 0.0352. The van der Waals surface area contributed by atoms with Crippen LogP contribution in [-0.4, -0.2) is 25.5 Å². The number of nitrogens with one attached hydrogen (secondary N) is 1. The number of aromatic nitrogens is 4. The molecule has 1 N–H and O–H groups in total. The van der Waals surface area contributed by atoms with Gasteiger partial charge in [-0.15, -0.1) is 0 Å². The summed E-state index contributed by atoms with van der Waals surface area (Å²) in [5.74, 6) is 0.251. The average molecular weight is 391 g/mol. The van der Waals surface area contributed by atoms with Gasteiger partial charge in [-0.05, 0) is 18.2 Å². The zero-order valence-corrected chi connectivity index (χ0v) is 14.8. The lowest BCUT2D eigenvalue weighted by Gasteiger charge is -2.09. The molecule has 0 atom stereocenters. The van der Waals surface area contributed by atoms with Crippen molar-refractivity contribution in [1.29, 1.82) is 5.26 Å². The lowest BCUT2D eigenvalue weighted by molar-refractivity contribution is 0.101. The molecule has 132 valence electrons. The number of amides is 1. The van der Waals surface area contributed by atoms with E-state index in [0.29, 0.717) is 21.6 Å². The van der Waals surface area contributed by atoms with Crippen molar-refractivity contribution in [2.75, 3.05) is 5.32 Å². The van der Waals surface area contributed by atoms with E-state index in [1.807, 2.05) is 6.07 Å². The van der Waals surface area contributed by atoms with Crippen LogP contribution in [-0.2, 0) is 13.3 Å². The molecule has 0 aliphatic heterocycles. The largest absolute Gasteiger partial charge is 0.468 e. The van der Waals surface area contributed by atoms with Crippen molar-refractivity contribution >= 4 is 34.9 Å². The molecule has 2 aromatic heterocycles. The zero-order valence-electron chi connectivity index (χ0n) is 13.3. The van der Waals surface area contributed by atoms with Crippen LogP contribution in [0.25, 0.3) is 0 Å². The number of nitrogens with zero attached hydrogens (tertiary/aromatic N) is 5. The number of benzene rings is 1. The fraction of sp³-hybridized carbons (Fsp3) is 0.125. The first kappa shape index (κ1) is 17.8. The Morgan fingerprint density at radius 3 is 2.62 bits per heavy atom. The van der Waals surface area contributed by atoms with E-state index in [0.717, 1.165) is 0 Å². The molecular formula is C16H12Cl2N6O2. The van der Waals surface area contributed by atoms with Crippen molar-refractivity contribution in [3.63, 3.8) is 0 Å². The molecule has 3 rings (SSSR count). The van der Waals surface area contributed by atoms with Gasteiger partial charge in [0, 0.05) is 18.5 Å². The first-order valence-corrected chi connectivity index (χ1v) is 8.14. The number of para-hydroxylation sites is 1. The molecule has 0 saturated carbocycles. The Labute approximate surface area is 158 Å². The molecule has 10 heteroatoms. The number of carbonyl (C=O) groups is 1. The molecule has 2 heterocycles. The van der Waals surface area contributed by atoms with Crippen LogP contribution in [0, 0.1) is 11.3 Å². The van der Waals surface area contributed by atoms with Crippen molar-refractivity contribution in [2.45, 2.75) is 13.3 Å². The second kappa shape index (κ2) is 7.91. The van der Waals surface area contributed by atoms with Gasteiger partial charge in [-0.2, -0.15) is 15.5 Å². The van der Waals surface area contributed by atoms with Crippen LogP contribution >= 0.6 is 23.2 Å². The second-order valence-electron chi connectivity index (χ2n) is 5.08. The van der Waals surface area contributed by atoms with Crippen LogP contribution in [0.2, 0.25) is 10.0 Å². The number of halogens is 2. The highest BCUT2D eigenvalue weighted by atomic mass is 35.5. The summed E-state index contributed by atoms with van der Waals surface area (Å²) in [4.78, 5) is 12.2. The first-order chi connectivity index (χ1) is 12.6. The predicted octanol–water partition coefficient (Wildman–Crippen LogP) is 3.20. The van der Waals surface area contributed by atoms with Crippen molar-refractivity contribution in [3.8, 4) is 11.8 Å². The molecular weight excluding hydrogens is 379 g/mol. The van der Waals surface area contributed by atoms with Gasteiger partial charge in [0.05, 0.1) is 16.1 Å². The van der Waals surface area contributed by atoms with Crippen molar-refractivity contribution in [2.24, 2.45) is 0 Å². The van der Waals surface area contributed by atoms with E-state index in [2.05, 4.69) is 15.5 Å². The smallest absolute Gasteiger partial charge is 0.277 e. The SMILES string of the molecule is N#CCn1ccc(NC(=O)c2ccn(COc3c(Cl)cccc3Cl)n2)n1. The fourth-order valence-electron chi connectivity index (χ4n) is 2.08. The van der Waals surface area contributed by atoms with E-state index in [1.165, 1.54) is 9.36 Å². The summed E-state index contributed by atoms with van der Waals surface area (Å²) < 4.78 is 8.40. The lowest BCUT2D eigenvalue weighted by Crippen LogP contribution is -2.15. The van der Waals surface area contributed by atoms with Gasteiger partial charge >= 0.3 is 0 Å². The maximum atomic E-state index is 12.2. The molecule has 1 aromatic carbocycles. The predicted molar refractivity (Wildman–Crippen MR) is 95.1 cm³/mol. The third-order valence-electron chi connectivity index (χ3n) is 3.25. The monoisotopic (exact) mass is 390 g/mol. The highest BCUT2D eigenvalue weighted by molar-refractivity contribution is 6.37. The van der Waals surface area contributed by atoms with E-state index in [9.17, 15) is 4.79 Å². The summed E-state index contributed by atoms with van der Waals surface area (Å²) in [6.07, 6.45) is 3.19. The summed E-state index contributed by atoms with van der Waals surface area (Å²) in [6, 6.07) is 10.1. The molecule has 0 aliphatic rings. The normalized spacial score (nSPS) is 10.3. The molecule has 3 aromatic rings.